The molecule has 4 aliphatic carbocycles. The Balaban J connectivity index is 1.79. The molecule has 8 atom stereocenters. The fourth-order valence-electron chi connectivity index (χ4n) is 8.59. The number of nitriles is 1. The van der Waals surface area contributed by atoms with E-state index in [4.69, 9.17) is 19.5 Å². The van der Waals surface area contributed by atoms with E-state index in [1.54, 1.807) is 19.9 Å². The average Bonchev–Trinajstić information content (AvgIpc) is 3.12. The summed E-state index contributed by atoms with van der Waals surface area (Å²) in [5, 5.41) is 20.7. The normalized spacial score (nSPS) is 39.5. The summed E-state index contributed by atoms with van der Waals surface area (Å²) in [6.07, 6.45) is 1.34. The van der Waals surface area contributed by atoms with Crippen molar-refractivity contribution in [2.45, 2.75) is 109 Å². The van der Waals surface area contributed by atoms with Crippen molar-refractivity contribution in [2.24, 2.45) is 28.6 Å². The lowest BCUT2D eigenvalue weighted by atomic mass is 9.45. The van der Waals surface area contributed by atoms with Crippen LogP contribution < -0.4 is 0 Å². The van der Waals surface area contributed by atoms with Gasteiger partial charge in [0.05, 0.1) is 6.10 Å². The number of esters is 1. The maximum atomic E-state index is 17.5. The Kier molecular flexibility index (Phi) is 8.45. The van der Waals surface area contributed by atoms with E-state index < -0.39 is 76.6 Å². The van der Waals surface area contributed by atoms with E-state index in [9.17, 15) is 19.5 Å². The Morgan fingerprint density at radius 1 is 1.22 bits per heavy atom. The largest absolute Gasteiger partial charge is 0.509 e. The summed E-state index contributed by atoms with van der Waals surface area (Å²) in [5.74, 6) is -4.45. The summed E-state index contributed by atoms with van der Waals surface area (Å²) < 4.78 is 50.1. The highest BCUT2D eigenvalue weighted by Crippen LogP contribution is 2.71. The molecule has 0 aliphatic heterocycles. The van der Waals surface area contributed by atoms with Crippen LogP contribution in [0.1, 0.15) is 86.0 Å². The molecule has 4 aliphatic rings. The van der Waals surface area contributed by atoms with Crippen LogP contribution in [0.25, 0.3) is 0 Å². The number of hydrogen-bond donors (Lipinski definition) is 1. The Bertz CT molecular complexity index is 1190. The van der Waals surface area contributed by atoms with Crippen molar-refractivity contribution in [3.8, 4) is 6.07 Å². The van der Waals surface area contributed by atoms with Crippen LogP contribution in [0.5, 0.6) is 0 Å². The number of aliphatic hydroxyl groups is 1. The molecule has 0 saturated heterocycles. The van der Waals surface area contributed by atoms with Crippen LogP contribution in [0, 0.1) is 39.9 Å². The fourth-order valence-corrected chi connectivity index (χ4v) is 8.59. The van der Waals surface area contributed by atoms with Gasteiger partial charge in [-0.1, -0.05) is 46.6 Å². The molecule has 0 aromatic carbocycles. The van der Waals surface area contributed by atoms with Crippen LogP contribution in [0.4, 0.5) is 13.6 Å². The number of carbonyl (C=O) groups excluding carboxylic acids is 3. The minimum atomic E-state index is -2.35. The van der Waals surface area contributed by atoms with Crippen molar-refractivity contribution < 1.29 is 42.5 Å². The van der Waals surface area contributed by atoms with Gasteiger partial charge in [0.1, 0.15) is 18.0 Å². The number of carbonyl (C=O) groups is 3. The molecule has 2 saturated carbocycles. The van der Waals surface area contributed by atoms with Gasteiger partial charge in [-0.05, 0) is 50.2 Å². The summed E-state index contributed by atoms with van der Waals surface area (Å²) in [6, 6.07) is 1.75. The van der Waals surface area contributed by atoms with E-state index in [0.29, 0.717) is 12.8 Å². The van der Waals surface area contributed by atoms with Gasteiger partial charge in [-0.2, -0.15) is 5.26 Å². The number of rotatable bonds is 8. The van der Waals surface area contributed by atoms with Crippen LogP contribution in [0.2, 0.25) is 0 Å². The molecule has 226 valence electrons. The molecule has 0 spiro atoms. The Morgan fingerprint density at radius 2 is 1.88 bits per heavy atom. The van der Waals surface area contributed by atoms with Crippen LogP contribution in [0.3, 0.4) is 0 Å². The number of aliphatic hydroxyl groups excluding tert-OH is 1. The number of nitrogens with zero attached hydrogens (tertiary/aromatic N) is 1. The van der Waals surface area contributed by atoms with Gasteiger partial charge >= 0.3 is 12.1 Å². The molecular formula is C31H41F2NO7. The van der Waals surface area contributed by atoms with E-state index in [1.807, 2.05) is 13.8 Å². The van der Waals surface area contributed by atoms with Crippen LogP contribution in [0.15, 0.2) is 23.6 Å². The fraction of sp³-hybridized carbons (Fsp3) is 0.742. The zero-order valence-corrected chi connectivity index (χ0v) is 24.5. The van der Waals surface area contributed by atoms with Gasteiger partial charge in [-0.15, -0.1) is 0 Å². The molecule has 0 unspecified atom stereocenters. The topological polar surface area (TPSA) is 123 Å². The van der Waals surface area contributed by atoms with Gasteiger partial charge in [0, 0.05) is 35.5 Å². The van der Waals surface area contributed by atoms with E-state index in [1.165, 1.54) is 19.1 Å². The van der Waals surface area contributed by atoms with E-state index in [2.05, 4.69) is 0 Å². The summed E-state index contributed by atoms with van der Waals surface area (Å²) in [4.78, 5) is 39.2. The van der Waals surface area contributed by atoms with E-state index in [0.717, 1.165) is 12.8 Å². The quantitative estimate of drug-likeness (QED) is 0.358. The van der Waals surface area contributed by atoms with Crippen molar-refractivity contribution in [2.75, 3.05) is 6.61 Å². The van der Waals surface area contributed by atoms with Crippen molar-refractivity contribution in [3.05, 3.63) is 23.6 Å². The summed E-state index contributed by atoms with van der Waals surface area (Å²) in [5.41, 5.74) is -7.28. The van der Waals surface area contributed by atoms with Crippen molar-refractivity contribution in [1.29, 1.82) is 5.26 Å². The SMILES string of the molecule is CCCC(CCC)OC(=O)O[C@]1(C(=O)OCC#N)[C@H](C)C[C@H]2[C@@H]3CC(F)=C4CC(=O)C=C[C@]4(C)[C@@]3(F)[C@@H](O)C[C@@]21C. The number of ether oxygens (including phenoxy) is 3. The molecule has 10 heteroatoms. The van der Waals surface area contributed by atoms with Gasteiger partial charge < -0.3 is 19.3 Å². The molecule has 0 aromatic rings. The number of halogens is 2. The third kappa shape index (κ3) is 4.50. The highest BCUT2D eigenvalue weighted by atomic mass is 19.1. The first-order valence-electron chi connectivity index (χ1n) is 14.7. The molecule has 0 aromatic heterocycles. The first-order valence-corrected chi connectivity index (χ1v) is 14.7. The Labute approximate surface area is 240 Å². The zero-order chi connectivity index (χ0) is 30.4. The van der Waals surface area contributed by atoms with Gasteiger partial charge in [0.15, 0.2) is 18.1 Å². The summed E-state index contributed by atoms with van der Waals surface area (Å²) in [7, 11) is 0. The lowest BCUT2D eigenvalue weighted by molar-refractivity contribution is -0.228. The number of hydrogen-bond acceptors (Lipinski definition) is 8. The summed E-state index contributed by atoms with van der Waals surface area (Å²) >= 11 is 0. The highest BCUT2D eigenvalue weighted by molar-refractivity contribution is 5.93. The molecule has 8 nitrogen and oxygen atoms in total. The van der Waals surface area contributed by atoms with E-state index >= 15 is 8.78 Å². The highest BCUT2D eigenvalue weighted by Gasteiger charge is 2.78. The Hall–Kier alpha value is -2.80. The lowest BCUT2D eigenvalue weighted by Gasteiger charge is -2.62. The summed E-state index contributed by atoms with van der Waals surface area (Å²) in [6.45, 7) is 8.13. The molecule has 41 heavy (non-hydrogen) atoms. The smallest absolute Gasteiger partial charge is 0.447 e. The average molecular weight is 578 g/mol. The monoisotopic (exact) mass is 577 g/mol. The van der Waals surface area contributed by atoms with Crippen molar-refractivity contribution in [1.82, 2.24) is 0 Å². The van der Waals surface area contributed by atoms with Crippen LogP contribution in [-0.2, 0) is 23.8 Å². The van der Waals surface area contributed by atoms with Gasteiger partial charge in [-0.3, -0.25) is 4.79 Å². The molecule has 4 rings (SSSR count). The molecular weight excluding hydrogens is 536 g/mol. The van der Waals surface area contributed by atoms with Crippen LogP contribution in [-0.4, -0.2) is 53.1 Å². The second-order valence-corrected chi connectivity index (χ2v) is 12.7. The first kappa shape index (κ1) is 31.1. The second-order valence-electron chi connectivity index (χ2n) is 12.7. The van der Waals surface area contributed by atoms with Crippen molar-refractivity contribution in [3.63, 3.8) is 0 Å². The standard InChI is InChI=1S/C31H41F2NO7/c1-6-8-20(9-7-2)40-27(38)41-31(26(37)39-13-12-34)18(3)14-21-22-16-24(32)23-15-19(35)10-11-28(23,4)30(22,33)25(36)17-29(21,31)5/h10-11,18,20-22,25,36H,6-9,13-17H2,1-5H3/t18-,21+,22+,25+,28+,29+,30+,31+/m1/s1. The predicted octanol–water partition coefficient (Wildman–Crippen LogP) is 5.83. The van der Waals surface area contributed by atoms with Gasteiger partial charge in [0.2, 0.25) is 5.60 Å². The molecule has 0 bridgehead atoms. The zero-order valence-electron chi connectivity index (χ0n) is 24.5. The van der Waals surface area contributed by atoms with Crippen LogP contribution >= 0.6 is 0 Å². The molecule has 0 amide bonds. The second kappa shape index (κ2) is 11.1. The first-order chi connectivity index (χ1) is 19.3. The molecule has 1 N–H and O–H groups in total. The third-order valence-electron chi connectivity index (χ3n) is 10.5. The maximum Gasteiger partial charge on any atom is 0.509 e. The van der Waals surface area contributed by atoms with E-state index in [-0.39, 0.29) is 37.0 Å². The third-order valence-corrected chi connectivity index (χ3v) is 10.5. The molecule has 0 radical (unpaired) electrons. The molecule has 0 heterocycles. The minimum Gasteiger partial charge on any atom is -0.447 e. The number of alkyl halides is 1. The van der Waals surface area contributed by atoms with Crippen molar-refractivity contribution >= 4 is 17.9 Å². The number of allylic oxidation sites excluding steroid dienone is 4. The number of ketones is 1. The maximum absolute atomic E-state index is 17.5. The molecule has 2 fully saturated rings. The number of fused-ring (bicyclic) bond motifs is 5. The van der Waals surface area contributed by atoms with Gasteiger partial charge in [0.25, 0.3) is 0 Å². The Morgan fingerprint density at radius 3 is 2.49 bits per heavy atom. The minimum absolute atomic E-state index is 0.0369. The predicted molar refractivity (Wildman–Crippen MR) is 143 cm³/mol. The van der Waals surface area contributed by atoms with Gasteiger partial charge in [-0.25, -0.2) is 18.4 Å². The lowest BCUT2D eigenvalue weighted by Crippen LogP contribution is -2.70.